The maximum Gasteiger partial charge on any atom is 0.494 e. The SMILES string of the molecule is C=CCC1=C(c2ccc(B3OC(C)(C)C(C)(C)O3)cc2)S(C)(C)c2ccccc21. The Morgan fingerprint density at radius 2 is 1.52 bits per heavy atom. The molecular weight excluding hydrogens is 375 g/mol. The summed E-state index contributed by atoms with van der Waals surface area (Å²) in [6.45, 7) is 12.4. The predicted octanol–water partition coefficient (Wildman–Crippen LogP) is 5.87. The third-order valence-electron chi connectivity index (χ3n) is 6.59. The topological polar surface area (TPSA) is 18.5 Å². The van der Waals surface area contributed by atoms with Gasteiger partial charge in [0.25, 0.3) is 0 Å². The lowest BCUT2D eigenvalue weighted by Gasteiger charge is -2.32. The van der Waals surface area contributed by atoms with E-state index in [2.05, 4.69) is 95.3 Å². The summed E-state index contributed by atoms with van der Waals surface area (Å²) >= 11 is 0. The van der Waals surface area contributed by atoms with E-state index in [-0.39, 0.29) is 18.3 Å². The molecule has 0 N–H and O–H groups in total. The zero-order chi connectivity index (χ0) is 21.0. The van der Waals surface area contributed by atoms with Crippen molar-refractivity contribution in [2.75, 3.05) is 12.5 Å². The summed E-state index contributed by atoms with van der Waals surface area (Å²) < 4.78 is 12.4. The van der Waals surface area contributed by atoms with Gasteiger partial charge in [0.1, 0.15) is 0 Å². The second kappa shape index (κ2) is 6.90. The summed E-state index contributed by atoms with van der Waals surface area (Å²) in [5, 5.41) is 0. The first-order valence-electron chi connectivity index (χ1n) is 10.2. The lowest BCUT2D eigenvalue weighted by atomic mass is 9.79. The second-order valence-corrected chi connectivity index (χ2v) is 12.8. The fraction of sp³-hybridized carbons (Fsp3) is 0.360. The summed E-state index contributed by atoms with van der Waals surface area (Å²) in [6.07, 6.45) is 7.71. The molecule has 4 heteroatoms. The molecule has 0 radical (unpaired) electrons. The second-order valence-electron chi connectivity index (χ2n) is 9.33. The van der Waals surface area contributed by atoms with Gasteiger partial charge in [-0.15, -0.1) is 6.58 Å². The normalized spacial score (nSPS) is 22.5. The van der Waals surface area contributed by atoms with Gasteiger partial charge in [-0.05, 0) is 74.9 Å². The third-order valence-corrected chi connectivity index (χ3v) is 9.55. The Morgan fingerprint density at radius 1 is 0.931 bits per heavy atom. The van der Waals surface area contributed by atoms with Crippen LogP contribution in [0.5, 0.6) is 0 Å². The molecule has 0 bridgehead atoms. The maximum atomic E-state index is 6.22. The Bertz CT molecular complexity index is 970. The summed E-state index contributed by atoms with van der Waals surface area (Å²) in [7, 11) is -1.39. The van der Waals surface area contributed by atoms with E-state index in [1.165, 1.54) is 26.5 Å². The predicted molar refractivity (Wildman–Crippen MR) is 128 cm³/mol. The van der Waals surface area contributed by atoms with Crippen molar-refractivity contribution in [3.63, 3.8) is 0 Å². The molecule has 0 aliphatic carbocycles. The molecule has 0 spiro atoms. The largest absolute Gasteiger partial charge is 0.494 e. The summed E-state index contributed by atoms with van der Waals surface area (Å²) in [5.74, 6) is 0. The zero-order valence-electron chi connectivity index (χ0n) is 18.4. The molecule has 152 valence electrons. The molecule has 2 aliphatic rings. The van der Waals surface area contributed by atoms with E-state index in [0.717, 1.165) is 11.9 Å². The zero-order valence-corrected chi connectivity index (χ0v) is 19.2. The number of hydrogen-bond acceptors (Lipinski definition) is 2. The highest BCUT2D eigenvalue weighted by molar-refractivity contribution is 8.40. The molecule has 2 nitrogen and oxygen atoms in total. The van der Waals surface area contributed by atoms with Crippen molar-refractivity contribution in [2.45, 2.75) is 50.2 Å². The van der Waals surface area contributed by atoms with Crippen LogP contribution in [0.3, 0.4) is 0 Å². The molecule has 1 fully saturated rings. The van der Waals surface area contributed by atoms with Gasteiger partial charge in [-0.3, -0.25) is 0 Å². The monoisotopic (exact) mass is 406 g/mol. The third kappa shape index (κ3) is 3.22. The van der Waals surface area contributed by atoms with Crippen molar-refractivity contribution >= 4 is 33.1 Å². The Hall–Kier alpha value is -1.75. The van der Waals surface area contributed by atoms with E-state index in [1.807, 2.05) is 6.08 Å². The van der Waals surface area contributed by atoms with E-state index >= 15 is 0 Å². The van der Waals surface area contributed by atoms with Crippen molar-refractivity contribution in [3.05, 3.63) is 72.3 Å². The van der Waals surface area contributed by atoms with Crippen LogP contribution in [0.25, 0.3) is 10.5 Å². The van der Waals surface area contributed by atoms with Crippen LogP contribution in [0, 0.1) is 0 Å². The van der Waals surface area contributed by atoms with Gasteiger partial charge in [-0.2, -0.15) is 10.0 Å². The highest BCUT2D eigenvalue weighted by atomic mass is 32.3. The lowest BCUT2D eigenvalue weighted by molar-refractivity contribution is 0.00578. The highest BCUT2D eigenvalue weighted by Crippen LogP contribution is 2.69. The number of fused-ring (bicyclic) bond motifs is 1. The van der Waals surface area contributed by atoms with Crippen molar-refractivity contribution < 1.29 is 9.31 Å². The number of rotatable bonds is 4. The molecular formula is C25H31BO2S. The standard InChI is InChI=1S/C25H31BO2S/c1-8-11-21-20-12-9-10-13-22(20)29(6,7)23(21)18-14-16-19(17-15-18)26-27-24(2,3)25(4,5)28-26/h8-10,12-17H,1,11H2,2-7H3. The van der Waals surface area contributed by atoms with Crippen LogP contribution in [0.4, 0.5) is 0 Å². The van der Waals surface area contributed by atoms with Crippen molar-refractivity contribution in [1.29, 1.82) is 0 Å². The molecule has 2 aromatic carbocycles. The summed E-state index contributed by atoms with van der Waals surface area (Å²) in [4.78, 5) is 2.95. The van der Waals surface area contributed by atoms with Crippen LogP contribution in [-0.2, 0) is 9.31 Å². The smallest absolute Gasteiger partial charge is 0.399 e. The first-order chi connectivity index (χ1) is 13.6. The maximum absolute atomic E-state index is 6.22. The van der Waals surface area contributed by atoms with Crippen molar-refractivity contribution in [2.24, 2.45) is 0 Å². The average Bonchev–Trinajstić information content (AvgIpc) is 3.02. The number of hydrogen-bond donors (Lipinski definition) is 0. The minimum absolute atomic E-state index is 0.322. The molecule has 0 saturated carbocycles. The van der Waals surface area contributed by atoms with Crippen LogP contribution < -0.4 is 5.46 Å². The Balaban J connectivity index is 1.72. The molecule has 1 saturated heterocycles. The molecule has 0 amide bonds. The molecule has 4 rings (SSSR count). The number of benzene rings is 2. The number of allylic oxidation sites excluding steroid dienone is 2. The van der Waals surface area contributed by atoms with E-state index < -0.39 is 10.0 Å². The van der Waals surface area contributed by atoms with Gasteiger partial charge in [0.15, 0.2) is 0 Å². The minimum atomic E-state index is -1.07. The molecule has 2 heterocycles. The summed E-state index contributed by atoms with van der Waals surface area (Å²) in [6, 6.07) is 17.6. The highest BCUT2D eigenvalue weighted by Gasteiger charge is 2.51. The van der Waals surface area contributed by atoms with Gasteiger partial charge < -0.3 is 9.31 Å². The molecule has 2 aromatic rings. The van der Waals surface area contributed by atoms with E-state index in [0.29, 0.717) is 0 Å². The average molecular weight is 406 g/mol. The molecule has 29 heavy (non-hydrogen) atoms. The van der Waals surface area contributed by atoms with Crippen LogP contribution >= 0.6 is 10.0 Å². The lowest BCUT2D eigenvalue weighted by Crippen LogP contribution is -2.41. The Labute approximate surface area is 177 Å². The van der Waals surface area contributed by atoms with Gasteiger partial charge >= 0.3 is 7.12 Å². The van der Waals surface area contributed by atoms with Crippen molar-refractivity contribution in [3.8, 4) is 0 Å². The Kier molecular flexibility index (Phi) is 4.89. The minimum Gasteiger partial charge on any atom is -0.399 e. The van der Waals surface area contributed by atoms with Gasteiger partial charge in [-0.1, -0.05) is 48.5 Å². The van der Waals surface area contributed by atoms with Gasteiger partial charge in [0.2, 0.25) is 0 Å². The fourth-order valence-corrected chi connectivity index (χ4v) is 7.20. The van der Waals surface area contributed by atoms with Crippen molar-refractivity contribution in [1.82, 2.24) is 0 Å². The van der Waals surface area contributed by atoms with Crippen LogP contribution in [0.1, 0.15) is 45.2 Å². The molecule has 0 aromatic heterocycles. The van der Waals surface area contributed by atoms with Gasteiger partial charge in [0.05, 0.1) is 11.2 Å². The van der Waals surface area contributed by atoms with Gasteiger partial charge in [0, 0.05) is 9.80 Å². The first-order valence-corrected chi connectivity index (χ1v) is 12.7. The van der Waals surface area contributed by atoms with Crippen LogP contribution in [0.15, 0.2) is 66.1 Å². The summed E-state index contributed by atoms with van der Waals surface area (Å²) in [5.41, 5.74) is 4.51. The quantitative estimate of drug-likeness (QED) is 0.467. The first kappa shape index (κ1) is 20.5. The Morgan fingerprint density at radius 3 is 2.10 bits per heavy atom. The molecule has 0 atom stereocenters. The fourth-order valence-electron chi connectivity index (χ4n) is 4.29. The van der Waals surface area contributed by atoms with E-state index in [1.54, 1.807) is 0 Å². The van der Waals surface area contributed by atoms with Crippen LogP contribution in [0.2, 0.25) is 0 Å². The van der Waals surface area contributed by atoms with E-state index in [9.17, 15) is 0 Å². The van der Waals surface area contributed by atoms with Crippen LogP contribution in [-0.4, -0.2) is 30.8 Å². The molecule has 0 unspecified atom stereocenters. The van der Waals surface area contributed by atoms with E-state index in [4.69, 9.17) is 9.31 Å². The molecule has 2 aliphatic heterocycles. The van der Waals surface area contributed by atoms with Gasteiger partial charge in [-0.25, -0.2) is 0 Å².